The van der Waals surface area contributed by atoms with Gasteiger partial charge in [-0.05, 0) is 6.92 Å². The van der Waals surface area contributed by atoms with Gasteiger partial charge in [0.2, 0.25) is 5.82 Å². The third kappa shape index (κ3) is 5.33. The Bertz CT molecular complexity index is 824. The van der Waals surface area contributed by atoms with Crippen molar-refractivity contribution in [2.45, 2.75) is 12.6 Å². The summed E-state index contributed by atoms with van der Waals surface area (Å²) in [7, 11) is 0. The summed E-state index contributed by atoms with van der Waals surface area (Å²) in [5, 5.41) is 27.0. The highest BCUT2D eigenvalue weighted by Gasteiger charge is 2.64. The van der Waals surface area contributed by atoms with Gasteiger partial charge in [0.05, 0.1) is 19.8 Å². The molecular weight excluding hydrogens is 402 g/mol. The van der Waals surface area contributed by atoms with E-state index in [1.807, 2.05) is 0 Å². The van der Waals surface area contributed by atoms with Gasteiger partial charge in [-0.3, -0.25) is 29.9 Å². The molecule has 0 bridgehead atoms. The number of aromatic nitrogens is 2. The summed E-state index contributed by atoms with van der Waals surface area (Å²) < 4.78 is 14.3. The Hall–Kier alpha value is -3.45. The minimum Gasteiger partial charge on any atom is -0.468 e. The van der Waals surface area contributed by atoms with Crippen LogP contribution in [-0.2, 0) is 19.9 Å². The highest BCUT2D eigenvalue weighted by molar-refractivity contribution is 5.53. The highest BCUT2D eigenvalue weighted by atomic mass is 16.7. The van der Waals surface area contributed by atoms with Crippen molar-refractivity contribution in [2.75, 3.05) is 39.5 Å². The molecule has 0 saturated carbocycles. The van der Waals surface area contributed by atoms with Crippen molar-refractivity contribution in [2.24, 2.45) is 0 Å². The Labute approximate surface area is 170 Å². The molecule has 0 aliphatic carbocycles. The third-order valence-electron chi connectivity index (χ3n) is 4.19. The number of morpholine rings is 1. The molecule has 1 aliphatic heterocycles. The van der Waals surface area contributed by atoms with Crippen molar-refractivity contribution < 1.29 is 28.6 Å². The van der Waals surface area contributed by atoms with E-state index >= 15 is 0 Å². The maximum atomic E-state index is 11.7. The minimum absolute atomic E-state index is 0.0608. The predicted octanol–water partition coefficient (Wildman–Crippen LogP) is 0.954. The lowest BCUT2D eigenvalue weighted by Gasteiger charge is -2.27. The lowest BCUT2D eigenvalue weighted by molar-refractivity contribution is -0.813. The molecule has 0 spiro atoms. The van der Waals surface area contributed by atoms with E-state index in [9.17, 15) is 25.0 Å². The van der Waals surface area contributed by atoms with Crippen LogP contribution < -0.4 is 0 Å². The normalized spacial score (nSPS) is 14.3. The van der Waals surface area contributed by atoms with E-state index in [0.29, 0.717) is 44.9 Å². The van der Waals surface area contributed by atoms with Crippen LogP contribution in [0.5, 0.6) is 0 Å². The van der Waals surface area contributed by atoms with Crippen LogP contribution >= 0.6 is 0 Å². The molecular formula is C17H21N5O8. The Balaban J connectivity index is 0.000000575. The first kappa shape index (κ1) is 22.8. The van der Waals surface area contributed by atoms with Crippen LogP contribution in [0.2, 0.25) is 0 Å². The van der Waals surface area contributed by atoms with Crippen molar-refractivity contribution >= 4 is 6.47 Å². The van der Waals surface area contributed by atoms with E-state index in [-0.39, 0.29) is 5.82 Å². The lowest BCUT2D eigenvalue weighted by Crippen LogP contribution is -2.54. The topological polar surface area (TPSA) is 164 Å². The van der Waals surface area contributed by atoms with Gasteiger partial charge in [-0.15, -0.1) is 0 Å². The van der Waals surface area contributed by atoms with Crippen LogP contribution in [0.4, 0.5) is 0 Å². The van der Waals surface area contributed by atoms with Gasteiger partial charge in [0.15, 0.2) is 6.54 Å². The van der Waals surface area contributed by atoms with Crippen LogP contribution in [0, 0.1) is 20.2 Å². The van der Waals surface area contributed by atoms with E-state index < -0.39 is 27.9 Å². The lowest BCUT2D eigenvalue weighted by atomic mass is 10.1. The number of nitrogens with zero attached hydrogens (tertiary/aromatic N) is 5. The van der Waals surface area contributed by atoms with E-state index in [1.165, 1.54) is 0 Å². The summed E-state index contributed by atoms with van der Waals surface area (Å²) in [6.45, 7) is 3.59. The Kier molecular flexibility index (Phi) is 8.31. The molecule has 1 aromatic heterocycles. The average molecular weight is 423 g/mol. The summed E-state index contributed by atoms with van der Waals surface area (Å²) in [6.07, 6.45) is 0. The van der Waals surface area contributed by atoms with Gasteiger partial charge in [-0.1, -0.05) is 35.5 Å². The molecule has 2 heterocycles. The predicted molar refractivity (Wildman–Crippen MR) is 100 cm³/mol. The molecule has 2 aromatic rings. The second-order valence-electron chi connectivity index (χ2n) is 6.06. The fraction of sp³-hybridized carbons (Fsp3) is 0.471. The first-order valence-electron chi connectivity index (χ1n) is 8.99. The van der Waals surface area contributed by atoms with Crippen LogP contribution in [0.15, 0.2) is 34.9 Å². The van der Waals surface area contributed by atoms with Gasteiger partial charge in [-0.25, -0.2) is 0 Å². The number of rotatable bonds is 8. The summed E-state index contributed by atoms with van der Waals surface area (Å²) in [5.41, 5.74) is -2.18. The molecule has 0 N–H and O–H groups in total. The number of carbonyl (C=O) groups excluding carboxylic acids is 1. The van der Waals surface area contributed by atoms with E-state index in [1.54, 1.807) is 42.2 Å². The smallest absolute Gasteiger partial charge is 0.468 e. The second-order valence-corrected chi connectivity index (χ2v) is 6.06. The third-order valence-corrected chi connectivity index (χ3v) is 4.19. The molecule has 3 rings (SSSR count). The van der Waals surface area contributed by atoms with Crippen molar-refractivity contribution in [3.05, 3.63) is 56.5 Å². The number of hydrogen-bond acceptors (Lipinski definition) is 11. The Morgan fingerprint density at radius 3 is 2.33 bits per heavy atom. The standard InChI is InChI=1S/C14H15N5O6.C3H6O2/c20-18(21)14(19(22)23,10-17-6-8-24-9-7-17)13-15-12(16-25-13)11-4-2-1-3-5-11;1-2-5-3-4/h1-5H,6-10H2;3H,2H2,1H3. The molecule has 1 aromatic carbocycles. The van der Waals surface area contributed by atoms with Gasteiger partial charge in [0.1, 0.15) is 9.85 Å². The zero-order valence-electron chi connectivity index (χ0n) is 16.2. The fourth-order valence-corrected chi connectivity index (χ4v) is 2.64. The van der Waals surface area contributed by atoms with Gasteiger partial charge in [0.25, 0.3) is 6.47 Å². The number of hydrogen-bond donors (Lipinski definition) is 0. The van der Waals surface area contributed by atoms with Crippen LogP contribution in [-0.4, -0.2) is 70.8 Å². The molecule has 162 valence electrons. The molecule has 0 amide bonds. The molecule has 13 nitrogen and oxygen atoms in total. The summed E-state index contributed by atoms with van der Waals surface area (Å²) >= 11 is 0. The monoisotopic (exact) mass is 423 g/mol. The quantitative estimate of drug-likeness (QED) is 0.257. The fourth-order valence-electron chi connectivity index (χ4n) is 2.64. The molecule has 0 unspecified atom stereocenters. The molecule has 30 heavy (non-hydrogen) atoms. The maximum Gasteiger partial charge on any atom is 0.547 e. The molecule has 13 heteroatoms. The average Bonchev–Trinajstić information content (AvgIpc) is 3.24. The molecule has 0 atom stereocenters. The van der Waals surface area contributed by atoms with E-state index in [2.05, 4.69) is 14.9 Å². The number of nitro groups is 2. The highest BCUT2D eigenvalue weighted by Crippen LogP contribution is 2.28. The largest absolute Gasteiger partial charge is 0.547 e. The number of carbonyl (C=O) groups is 1. The molecule has 0 radical (unpaired) electrons. The summed E-state index contributed by atoms with van der Waals surface area (Å²) in [6, 6.07) is 8.59. The van der Waals surface area contributed by atoms with Crippen molar-refractivity contribution in [3.63, 3.8) is 0 Å². The number of ether oxygens (including phenoxy) is 2. The van der Waals surface area contributed by atoms with Gasteiger partial charge < -0.3 is 14.0 Å². The second kappa shape index (κ2) is 10.9. The van der Waals surface area contributed by atoms with Crippen molar-refractivity contribution in [1.29, 1.82) is 0 Å². The molecule has 1 aliphatic rings. The molecule has 1 fully saturated rings. The van der Waals surface area contributed by atoms with E-state index in [0.717, 1.165) is 0 Å². The van der Waals surface area contributed by atoms with Crippen molar-refractivity contribution in [3.8, 4) is 11.4 Å². The molecule has 1 saturated heterocycles. The Morgan fingerprint density at radius 1 is 1.20 bits per heavy atom. The first-order chi connectivity index (χ1) is 14.5. The van der Waals surface area contributed by atoms with Crippen molar-refractivity contribution in [1.82, 2.24) is 15.0 Å². The SMILES string of the molecule is CCOC=O.O=[N+]([O-])C(CN1CCOCC1)(c1nc(-c2ccccc2)no1)[N+](=O)[O-]. The van der Waals surface area contributed by atoms with Gasteiger partial charge in [-0.2, -0.15) is 4.98 Å². The number of benzene rings is 1. The Morgan fingerprint density at radius 2 is 1.83 bits per heavy atom. The van der Waals surface area contributed by atoms with Crippen LogP contribution in [0.25, 0.3) is 11.4 Å². The van der Waals surface area contributed by atoms with Crippen LogP contribution in [0.3, 0.4) is 0 Å². The van der Waals surface area contributed by atoms with Gasteiger partial charge >= 0.3 is 11.6 Å². The maximum absolute atomic E-state index is 11.7. The zero-order valence-corrected chi connectivity index (χ0v) is 16.2. The minimum atomic E-state index is -2.72. The summed E-state index contributed by atoms with van der Waals surface area (Å²) in [4.78, 5) is 36.1. The van der Waals surface area contributed by atoms with Crippen LogP contribution in [0.1, 0.15) is 12.8 Å². The van der Waals surface area contributed by atoms with Gasteiger partial charge in [0, 0.05) is 18.7 Å². The zero-order chi connectivity index (χ0) is 22.0. The van der Waals surface area contributed by atoms with E-state index in [4.69, 9.17) is 9.26 Å². The summed E-state index contributed by atoms with van der Waals surface area (Å²) in [5.74, 6) is -0.585. The first-order valence-corrected chi connectivity index (χ1v) is 8.99.